The van der Waals surface area contributed by atoms with Gasteiger partial charge in [-0.2, -0.15) is 0 Å². The molecular formula is C11H16N4. The molecule has 0 fully saturated rings. The Morgan fingerprint density at radius 1 is 1.53 bits per heavy atom. The van der Waals surface area contributed by atoms with Crippen LogP contribution in [0.5, 0.6) is 0 Å². The molecule has 0 spiro atoms. The molecule has 0 saturated carbocycles. The van der Waals surface area contributed by atoms with E-state index in [1.54, 1.807) is 0 Å². The molecule has 0 aliphatic carbocycles. The lowest BCUT2D eigenvalue weighted by Gasteiger charge is -2.16. The van der Waals surface area contributed by atoms with Gasteiger partial charge < -0.3 is 10.6 Å². The fraction of sp³-hybridized carbons (Fsp3) is 0.455. The van der Waals surface area contributed by atoms with E-state index in [0.717, 1.165) is 32.0 Å². The molecule has 0 unspecified atom stereocenters. The molecule has 4 nitrogen and oxygen atoms in total. The zero-order chi connectivity index (χ0) is 10.5. The molecule has 4 heteroatoms. The van der Waals surface area contributed by atoms with E-state index in [0.29, 0.717) is 0 Å². The average Bonchev–Trinajstić information content (AvgIpc) is 2.29. The third kappa shape index (κ3) is 2.68. The highest BCUT2D eigenvalue weighted by molar-refractivity contribution is 5.80. The maximum atomic E-state index is 4.35. The van der Waals surface area contributed by atoms with Crippen molar-refractivity contribution >= 4 is 5.96 Å². The fourth-order valence-corrected chi connectivity index (χ4v) is 1.53. The van der Waals surface area contributed by atoms with Gasteiger partial charge in [-0.3, -0.25) is 9.98 Å². The Labute approximate surface area is 89.8 Å². The molecule has 2 heterocycles. The molecule has 0 radical (unpaired) electrons. The highest BCUT2D eigenvalue weighted by atomic mass is 15.2. The van der Waals surface area contributed by atoms with Gasteiger partial charge in [0.25, 0.3) is 0 Å². The first-order valence-electron chi connectivity index (χ1n) is 5.28. The van der Waals surface area contributed by atoms with Crippen molar-refractivity contribution in [3.8, 4) is 0 Å². The Morgan fingerprint density at radius 2 is 2.47 bits per heavy atom. The molecule has 2 N–H and O–H groups in total. The molecule has 0 aromatic carbocycles. The molecule has 80 valence electrons. The Kier molecular flexibility index (Phi) is 3.17. The summed E-state index contributed by atoms with van der Waals surface area (Å²) >= 11 is 0. The van der Waals surface area contributed by atoms with Gasteiger partial charge in [0.2, 0.25) is 0 Å². The first-order valence-corrected chi connectivity index (χ1v) is 5.28. The van der Waals surface area contributed by atoms with Crippen molar-refractivity contribution in [2.24, 2.45) is 4.99 Å². The first-order chi connectivity index (χ1) is 7.36. The minimum atomic E-state index is 0.806. The lowest BCUT2D eigenvalue weighted by Crippen LogP contribution is -2.40. The Bertz CT molecular complexity index is 359. The summed E-state index contributed by atoms with van der Waals surface area (Å²) in [5.74, 6) is 0.914. The molecule has 15 heavy (non-hydrogen) atoms. The summed E-state index contributed by atoms with van der Waals surface area (Å²) in [5.41, 5.74) is 2.47. The number of aliphatic imine (C=N–C) groups is 1. The predicted octanol–water partition coefficient (Wildman–Crippen LogP) is 0.829. The molecule has 0 bridgehead atoms. The quantitative estimate of drug-likeness (QED) is 0.750. The number of guanidine groups is 1. The second-order valence-electron chi connectivity index (χ2n) is 3.67. The van der Waals surface area contributed by atoms with Crippen molar-refractivity contribution in [1.29, 1.82) is 0 Å². The summed E-state index contributed by atoms with van der Waals surface area (Å²) in [6, 6.07) is 2.03. The SMILES string of the molecule is Cc1cnccc1CNC1=NCCCN1. The van der Waals surface area contributed by atoms with Gasteiger partial charge in [0.1, 0.15) is 0 Å². The summed E-state index contributed by atoms with van der Waals surface area (Å²) in [6.07, 6.45) is 4.83. The highest BCUT2D eigenvalue weighted by Gasteiger charge is 2.03. The number of aryl methyl sites for hydroxylation is 1. The van der Waals surface area contributed by atoms with Crippen molar-refractivity contribution in [1.82, 2.24) is 15.6 Å². The molecular weight excluding hydrogens is 188 g/mol. The van der Waals surface area contributed by atoms with Crippen LogP contribution in [-0.4, -0.2) is 24.0 Å². The monoisotopic (exact) mass is 204 g/mol. The number of nitrogens with zero attached hydrogens (tertiary/aromatic N) is 2. The van der Waals surface area contributed by atoms with E-state index in [1.165, 1.54) is 11.1 Å². The van der Waals surface area contributed by atoms with Crippen LogP contribution in [0.1, 0.15) is 17.5 Å². The summed E-state index contributed by atoms with van der Waals surface area (Å²) < 4.78 is 0. The Morgan fingerprint density at radius 3 is 3.20 bits per heavy atom. The van der Waals surface area contributed by atoms with Gasteiger partial charge in [0.05, 0.1) is 0 Å². The van der Waals surface area contributed by atoms with Gasteiger partial charge in [-0.1, -0.05) is 0 Å². The van der Waals surface area contributed by atoms with E-state index in [4.69, 9.17) is 0 Å². The van der Waals surface area contributed by atoms with Crippen molar-refractivity contribution in [2.45, 2.75) is 19.9 Å². The van der Waals surface area contributed by atoms with Gasteiger partial charge in [-0.25, -0.2) is 0 Å². The van der Waals surface area contributed by atoms with Gasteiger partial charge >= 0.3 is 0 Å². The zero-order valence-electron chi connectivity index (χ0n) is 8.95. The van der Waals surface area contributed by atoms with Gasteiger partial charge in [0.15, 0.2) is 5.96 Å². The number of pyridine rings is 1. The topological polar surface area (TPSA) is 49.3 Å². The van der Waals surface area contributed by atoms with Crippen LogP contribution in [-0.2, 0) is 6.54 Å². The normalized spacial score (nSPS) is 15.4. The Balaban J connectivity index is 1.93. The number of nitrogens with one attached hydrogen (secondary N) is 2. The van der Waals surface area contributed by atoms with Crippen LogP contribution in [0.15, 0.2) is 23.5 Å². The van der Waals surface area contributed by atoms with E-state index in [2.05, 4.69) is 27.5 Å². The first kappa shape index (κ1) is 9.96. The average molecular weight is 204 g/mol. The van der Waals surface area contributed by atoms with Crippen LogP contribution in [0.2, 0.25) is 0 Å². The van der Waals surface area contributed by atoms with Crippen molar-refractivity contribution in [3.63, 3.8) is 0 Å². The summed E-state index contributed by atoms with van der Waals surface area (Å²) in [6.45, 7) is 4.81. The van der Waals surface area contributed by atoms with Crippen LogP contribution in [0.3, 0.4) is 0 Å². The van der Waals surface area contributed by atoms with Crippen LogP contribution in [0, 0.1) is 6.92 Å². The maximum Gasteiger partial charge on any atom is 0.191 e. The Hall–Kier alpha value is -1.58. The standard InChI is InChI=1S/C11H16N4/c1-9-7-12-6-3-10(9)8-15-11-13-4-2-5-14-11/h3,6-7H,2,4-5,8H2,1H3,(H2,13,14,15). The molecule has 2 rings (SSSR count). The van der Waals surface area contributed by atoms with E-state index in [-0.39, 0.29) is 0 Å². The van der Waals surface area contributed by atoms with Gasteiger partial charge in [-0.05, 0) is 30.5 Å². The number of hydrogen-bond acceptors (Lipinski definition) is 4. The smallest absolute Gasteiger partial charge is 0.191 e. The maximum absolute atomic E-state index is 4.35. The molecule has 1 aromatic rings. The lowest BCUT2D eigenvalue weighted by molar-refractivity contribution is 0.701. The minimum Gasteiger partial charge on any atom is -0.356 e. The second kappa shape index (κ2) is 4.77. The summed E-state index contributed by atoms with van der Waals surface area (Å²) in [7, 11) is 0. The molecule has 0 atom stereocenters. The predicted molar refractivity (Wildman–Crippen MR) is 60.7 cm³/mol. The van der Waals surface area contributed by atoms with Gasteiger partial charge in [-0.15, -0.1) is 0 Å². The van der Waals surface area contributed by atoms with E-state index in [9.17, 15) is 0 Å². The van der Waals surface area contributed by atoms with E-state index < -0.39 is 0 Å². The van der Waals surface area contributed by atoms with E-state index in [1.807, 2.05) is 18.5 Å². The van der Waals surface area contributed by atoms with Crippen LogP contribution in [0.25, 0.3) is 0 Å². The van der Waals surface area contributed by atoms with Crippen LogP contribution >= 0.6 is 0 Å². The minimum absolute atomic E-state index is 0.806. The molecule has 1 aliphatic rings. The number of aromatic nitrogens is 1. The van der Waals surface area contributed by atoms with Crippen LogP contribution < -0.4 is 10.6 Å². The van der Waals surface area contributed by atoms with Crippen molar-refractivity contribution in [2.75, 3.05) is 13.1 Å². The lowest BCUT2D eigenvalue weighted by atomic mass is 10.1. The molecule has 0 amide bonds. The second-order valence-corrected chi connectivity index (χ2v) is 3.67. The van der Waals surface area contributed by atoms with Crippen molar-refractivity contribution < 1.29 is 0 Å². The fourth-order valence-electron chi connectivity index (χ4n) is 1.53. The summed E-state index contributed by atoms with van der Waals surface area (Å²) in [5, 5.41) is 6.52. The number of hydrogen-bond donors (Lipinski definition) is 2. The zero-order valence-corrected chi connectivity index (χ0v) is 8.95. The van der Waals surface area contributed by atoms with Crippen molar-refractivity contribution in [3.05, 3.63) is 29.6 Å². The molecule has 0 saturated heterocycles. The molecule has 1 aromatic heterocycles. The third-order valence-corrected chi connectivity index (χ3v) is 2.48. The van der Waals surface area contributed by atoms with Gasteiger partial charge in [0, 0.05) is 32.0 Å². The highest BCUT2D eigenvalue weighted by Crippen LogP contribution is 2.04. The third-order valence-electron chi connectivity index (χ3n) is 2.48. The van der Waals surface area contributed by atoms with Crippen LogP contribution in [0.4, 0.5) is 0 Å². The number of rotatable bonds is 2. The van der Waals surface area contributed by atoms with E-state index >= 15 is 0 Å². The largest absolute Gasteiger partial charge is 0.356 e. The molecule has 1 aliphatic heterocycles. The summed E-state index contributed by atoms with van der Waals surface area (Å²) in [4.78, 5) is 8.42.